The molecule has 0 radical (unpaired) electrons. The second kappa shape index (κ2) is 10.6. The molecule has 1 nitrogen and oxygen atoms in total. The lowest BCUT2D eigenvalue weighted by Crippen LogP contribution is -2.05. The summed E-state index contributed by atoms with van der Waals surface area (Å²) in [6.07, 6.45) is 3.36. The van der Waals surface area contributed by atoms with E-state index in [0.29, 0.717) is 0 Å². The second-order valence-electron chi connectivity index (χ2n) is 8.20. The Hall–Kier alpha value is -2.87. The molecular formula is C30H29ClO. The first-order valence-electron chi connectivity index (χ1n) is 11.2. The lowest BCUT2D eigenvalue weighted by atomic mass is 9.83. The van der Waals surface area contributed by atoms with Gasteiger partial charge >= 0.3 is 0 Å². The molecule has 0 amide bonds. The maximum absolute atomic E-state index is 6.45. The molecule has 1 atom stereocenters. The summed E-state index contributed by atoms with van der Waals surface area (Å²) in [6, 6.07) is 34.1. The molecule has 4 rings (SSSR count). The highest BCUT2D eigenvalue weighted by Gasteiger charge is 2.18. The summed E-state index contributed by atoms with van der Waals surface area (Å²) in [7, 11) is 1.78. The number of halogens is 1. The van der Waals surface area contributed by atoms with Crippen molar-refractivity contribution in [2.45, 2.75) is 32.3 Å². The molecule has 0 N–H and O–H groups in total. The minimum atomic E-state index is 0.266. The number of methoxy groups -OCH3 is 1. The molecule has 0 aliphatic heterocycles. The van der Waals surface area contributed by atoms with Crippen LogP contribution in [0, 0.1) is 0 Å². The standard InChI is InChI=1S/C30H29ClO/c1-22(32-2)11-9-16-25-19-20-28(23-12-5-3-6-13-23)30(24-14-7-4-8-15-24)29(25)26-17-10-18-27(31)21-26/h3-8,10,12-15,17-22H,9,11,16H2,1-2H3. The number of rotatable bonds is 8. The molecule has 162 valence electrons. The summed E-state index contributed by atoms with van der Waals surface area (Å²) in [6.45, 7) is 2.13. The molecule has 32 heavy (non-hydrogen) atoms. The summed E-state index contributed by atoms with van der Waals surface area (Å²) < 4.78 is 5.47. The van der Waals surface area contributed by atoms with E-state index in [1.165, 1.54) is 33.4 Å². The molecule has 2 heteroatoms. The van der Waals surface area contributed by atoms with E-state index in [9.17, 15) is 0 Å². The van der Waals surface area contributed by atoms with E-state index in [1.807, 2.05) is 12.1 Å². The first kappa shape index (κ1) is 22.3. The van der Waals surface area contributed by atoms with Crippen molar-refractivity contribution in [1.82, 2.24) is 0 Å². The summed E-state index contributed by atoms with van der Waals surface area (Å²) >= 11 is 6.45. The van der Waals surface area contributed by atoms with Crippen LogP contribution in [-0.4, -0.2) is 13.2 Å². The van der Waals surface area contributed by atoms with Gasteiger partial charge in [-0.05, 0) is 77.3 Å². The Kier molecular flexibility index (Phi) is 7.42. The predicted molar refractivity (Wildman–Crippen MR) is 137 cm³/mol. The Balaban J connectivity index is 1.94. The third kappa shape index (κ3) is 5.12. The van der Waals surface area contributed by atoms with Crippen LogP contribution in [0.25, 0.3) is 33.4 Å². The van der Waals surface area contributed by atoms with Gasteiger partial charge in [0.15, 0.2) is 0 Å². The second-order valence-corrected chi connectivity index (χ2v) is 8.64. The number of hydrogen-bond donors (Lipinski definition) is 0. The van der Waals surface area contributed by atoms with E-state index in [2.05, 4.69) is 91.9 Å². The molecule has 0 aliphatic rings. The van der Waals surface area contributed by atoms with Gasteiger partial charge in [0.25, 0.3) is 0 Å². The Morgan fingerprint density at radius 2 is 1.38 bits per heavy atom. The molecule has 0 saturated heterocycles. The zero-order valence-electron chi connectivity index (χ0n) is 18.7. The van der Waals surface area contributed by atoms with Crippen LogP contribution >= 0.6 is 11.6 Å². The van der Waals surface area contributed by atoms with Crippen molar-refractivity contribution in [3.8, 4) is 33.4 Å². The summed E-state index contributed by atoms with van der Waals surface area (Å²) in [4.78, 5) is 0. The van der Waals surface area contributed by atoms with Crippen molar-refractivity contribution in [3.05, 3.63) is 108 Å². The van der Waals surface area contributed by atoms with Gasteiger partial charge in [0.2, 0.25) is 0 Å². The van der Waals surface area contributed by atoms with Gasteiger partial charge in [0.05, 0.1) is 6.10 Å². The Morgan fingerprint density at radius 3 is 2.03 bits per heavy atom. The molecule has 4 aromatic carbocycles. The molecule has 0 fully saturated rings. The SMILES string of the molecule is COC(C)CCCc1ccc(-c2ccccc2)c(-c2ccccc2)c1-c1cccc(Cl)c1. The van der Waals surface area contributed by atoms with Gasteiger partial charge in [0, 0.05) is 12.1 Å². The van der Waals surface area contributed by atoms with Crippen molar-refractivity contribution in [1.29, 1.82) is 0 Å². The maximum Gasteiger partial charge on any atom is 0.0543 e. The van der Waals surface area contributed by atoms with E-state index >= 15 is 0 Å². The van der Waals surface area contributed by atoms with Crippen LogP contribution in [0.5, 0.6) is 0 Å². The van der Waals surface area contributed by atoms with Crippen LogP contribution in [0.3, 0.4) is 0 Å². The lowest BCUT2D eigenvalue weighted by Gasteiger charge is -2.21. The molecule has 1 unspecified atom stereocenters. The first-order valence-corrected chi connectivity index (χ1v) is 11.6. The smallest absolute Gasteiger partial charge is 0.0543 e. The summed E-state index contributed by atoms with van der Waals surface area (Å²) in [5.74, 6) is 0. The molecule has 0 aromatic heterocycles. The van der Waals surface area contributed by atoms with Crippen LogP contribution in [0.1, 0.15) is 25.3 Å². The van der Waals surface area contributed by atoms with Gasteiger partial charge in [-0.15, -0.1) is 0 Å². The zero-order valence-corrected chi connectivity index (χ0v) is 19.5. The lowest BCUT2D eigenvalue weighted by molar-refractivity contribution is 0.109. The van der Waals surface area contributed by atoms with Crippen molar-refractivity contribution >= 4 is 11.6 Å². The van der Waals surface area contributed by atoms with E-state index in [1.54, 1.807) is 7.11 Å². The highest BCUT2D eigenvalue weighted by Crippen LogP contribution is 2.43. The Bertz CT molecular complexity index is 1150. The number of aryl methyl sites for hydroxylation is 1. The van der Waals surface area contributed by atoms with Crippen LogP contribution in [0.4, 0.5) is 0 Å². The quantitative estimate of drug-likeness (QED) is 0.266. The first-order chi connectivity index (χ1) is 15.7. The van der Waals surface area contributed by atoms with E-state index < -0.39 is 0 Å². The zero-order chi connectivity index (χ0) is 22.3. The molecular weight excluding hydrogens is 412 g/mol. The average molecular weight is 441 g/mol. The van der Waals surface area contributed by atoms with Gasteiger partial charge in [-0.25, -0.2) is 0 Å². The van der Waals surface area contributed by atoms with Gasteiger partial charge in [0.1, 0.15) is 0 Å². The fourth-order valence-electron chi connectivity index (χ4n) is 4.29. The van der Waals surface area contributed by atoms with Crippen molar-refractivity contribution in [3.63, 3.8) is 0 Å². The maximum atomic E-state index is 6.45. The van der Waals surface area contributed by atoms with Crippen molar-refractivity contribution < 1.29 is 4.74 Å². The van der Waals surface area contributed by atoms with Gasteiger partial charge in [-0.2, -0.15) is 0 Å². The van der Waals surface area contributed by atoms with E-state index in [0.717, 1.165) is 29.8 Å². The third-order valence-electron chi connectivity index (χ3n) is 6.01. The molecule has 0 spiro atoms. The van der Waals surface area contributed by atoms with Crippen LogP contribution in [0.2, 0.25) is 5.02 Å². The topological polar surface area (TPSA) is 9.23 Å². The largest absolute Gasteiger partial charge is 0.382 e. The number of ether oxygens (including phenoxy) is 1. The van der Waals surface area contributed by atoms with E-state index in [-0.39, 0.29) is 6.10 Å². The van der Waals surface area contributed by atoms with Gasteiger partial charge in [-0.1, -0.05) is 96.5 Å². The highest BCUT2D eigenvalue weighted by molar-refractivity contribution is 6.30. The average Bonchev–Trinajstić information content (AvgIpc) is 2.84. The molecule has 4 aromatic rings. The summed E-state index contributed by atoms with van der Waals surface area (Å²) in [5, 5.41) is 0.755. The van der Waals surface area contributed by atoms with Gasteiger partial charge in [-0.3, -0.25) is 0 Å². The minimum Gasteiger partial charge on any atom is -0.382 e. The number of hydrogen-bond acceptors (Lipinski definition) is 1. The Labute approximate surface area is 196 Å². The molecule has 0 saturated carbocycles. The van der Waals surface area contributed by atoms with Gasteiger partial charge < -0.3 is 4.74 Å². The highest BCUT2D eigenvalue weighted by atomic mass is 35.5. The fourth-order valence-corrected chi connectivity index (χ4v) is 4.48. The van der Waals surface area contributed by atoms with Crippen molar-refractivity contribution in [2.75, 3.05) is 7.11 Å². The van der Waals surface area contributed by atoms with Crippen LogP contribution < -0.4 is 0 Å². The fraction of sp³-hybridized carbons (Fsp3) is 0.200. The summed E-state index contributed by atoms with van der Waals surface area (Å²) in [5.41, 5.74) is 8.70. The predicted octanol–water partition coefficient (Wildman–Crippen LogP) is 8.70. The number of benzene rings is 4. The monoisotopic (exact) mass is 440 g/mol. The Morgan fingerprint density at radius 1 is 0.719 bits per heavy atom. The molecule has 0 heterocycles. The van der Waals surface area contributed by atoms with Crippen molar-refractivity contribution in [2.24, 2.45) is 0 Å². The van der Waals surface area contributed by atoms with Crippen LogP contribution in [0.15, 0.2) is 97.1 Å². The van der Waals surface area contributed by atoms with E-state index in [4.69, 9.17) is 16.3 Å². The minimum absolute atomic E-state index is 0.266. The normalized spacial score (nSPS) is 12.0. The van der Waals surface area contributed by atoms with Crippen LogP contribution in [-0.2, 0) is 11.2 Å². The third-order valence-corrected chi connectivity index (χ3v) is 6.25. The molecule has 0 bridgehead atoms. The molecule has 0 aliphatic carbocycles.